The summed E-state index contributed by atoms with van der Waals surface area (Å²) in [7, 11) is 0. The first kappa shape index (κ1) is 14.1. The maximum atomic E-state index is 12.3. The van der Waals surface area contributed by atoms with Crippen LogP contribution in [0.1, 0.15) is 10.5 Å². The normalized spacial score (nSPS) is 10.7. The Morgan fingerprint density at radius 2 is 1.75 bits per heavy atom. The van der Waals surface area contributed by atoms with Crippen molar-refractivity contribution in [1.29, 1.82) is 0 Å². The molecule has 1 N–H and O–H groups in total. The largest absolute Gasteiger partial charge is 0.319 e. The number of anilines is 1. The van der Waals surface area contributed by atoms with Crippen LogP contribution in [-0.4, -0.2) is 25.9 Å². The third-order valence-corrected chi connectivity index (χ3v) is 3.56. The second-order valence-corrected chi connectivity index (χ2v) is 5.23. The molecule has 116 valence electrons. The topological polar surface area (TPSA) is 72.7 Å². The van der Waals surface area contributed by atoms with Gasteiger partial charge in [0.15, 0.2) is 5.69 Å². The Labute approximate surface area is 137 Å². The van der Waals surface area contributed by atoms with Crippen LogP contribution in [-0.2, 0) is 0 Å². The lowest BCUT2D eigenvalue weighted by Crippen LogP contribution is -2.13. The Morgan fingerprint density at radius 3 is 2.62 bits per heavy atom. The molecule has 2 aromatic carbocycles. The van der Waals surface area contributed by atoms with Crippen LogP contribution in [0, 0.1) is 0 Å². The average molecular weight is 315 g/mol. The van der Waals surface area contributed by atoms with Crippen LogP contribution in [0.4, 0.5) is 5.69 Å². The standard InChI is InChI=1S/C18H13N5O/c24-18(17-12-20-23(22-17)15-7-2-1-3-8-15)21-14-10-13-6-4-5-9-16(13)19-11-14/h1-12H,(H,21,24). The van der Waals surface area contributed by atoms with Crippen molar-refractivity contribution in [2.24, 2.45) is 0 Å². The van der Waals surface area contributed by atoms with Crippen LogP contribution in [0.2, 0.25) is 0 Å². The summed E-state index contributed by atoms with van der Waals surface area (Å²) in [6.07, 6.45) is 3.07. The highest BCUT2D eigenvalue weighted by Gasteiger charge is 2.12. The lowest BCUT2D eigenvalue weighted by Gasteiger charge is -2.04. The van der Waals surface area contributed by atoms with Gasteiger partial charge in [-0.2, -0.15) is 9.90 Å². The fourth-order valence-corrected chi connectivity index (χ4v) is 2.39. The van der Waals surface area contributed by atoms with E-state index in [9.17, 15) is 4.79 Å². The second-order valence-electron chi connectivity index (χ2n) is 5.23. The van der Waals surface area contributed by atoms with E-state index in [0.717, 1.165) is 16.6 Å². The van der Waals surface area contributed by atoms with Crippen molar-refractivity contribution in [3.05, 3.63) is 78.8 Å². The minimum Gasteiger partial charge on any atom is -0.319 e. The van der Waals surface area contributed by atoms with E-state index in [-0.39, 0.29) is 11.6 Å². The molecule has 4 aromatic rings. The van der Waals surface area contributed by atoms with Crippen LogP contribution in [0.15, 0.2) is 73.1 Å². The summed E-state index contributed by atoms with van der Waals surface area (Å²) < 4.78 is 0. The van der Waals surface area contributed by atoms with Gasteiger partial charge in [-0.3, -0.25) is 9.78 Å². The number of carbonyl (C=O) groups excluding carboxylic acids is 1. The molecule has 2 aromatic heterocycles. The summed E-state index contributed by atoms with van der Waals surface area (Å²) in [6, 6.07) is 19.0. The van der Waals surface area contributed by atoms with Crippen molar-refractivity contribution in [2.75, 3.05) is 5.32 Å². The van der Waals surface area contributed by atoms with Gasteiger partial charge in [0.05, 0.1) is 29.3 Å². The monoisotopic (exact) mass is 315 g/mol. The van der Waals surface area contributed by atoms with E-state index in [2.05, 4.69) is 20.5 Å². The Balaban J connectivity index is 1.56. The van der Waals surface area contributed by atoms with E-state index in [1.807, 2.05) is 60.7 Å². The Kier molecular flexibility index (Phi) is 3.47. The molecule has 6 nitrogen and oxygen atoms in total. The highest BCUT2D eigenvalue weighted by atomic mass is 16.2. The number of aromatic nitrogens is 4. The predicted octanol–water partition coefficient (Wildman–Crippen LogP) is 3.07. The quantitative estimate of drug-likeness (QED) is 0.630. The van der Waals surface area contributed by atoms with Gasteiger partial charge in [0, 0.05) is 5.39 Å². The lowest BCUT2D eigenvalue weighted by atomic mass is 10.2. The SMILES string of the molecule is O=C(Nc1cnc2ccccc2c1)c1cnn(-c2ccccc2)n1. The lowest BCUT2D eigenvalue weighted by molar-refractivity contribution is 0.102. The number of pyridine rings is 1. The average Bonchev–Trinajstić information content (AvgIpc) is 3.13. The third kappa shape index (κ3) is 2.72. The molecule has 4 rings (SSSR count). The molecule has 0 aliphatic heterocycles. The maximum absolute atomic E-state index is 12.3. The number of nitrogens with one attached hydrogen (secondary N) is 1. The van der Waals surface area contributed by atoms with E-state index in [1.54, 1.807) is 6.20 Å². The van der Waals surface area contributed by atoms with Crippen molar-refractivity contribution >= 4 is 22.5 Å². The predicted molar refractivity (Wildman–Crippen MR) is 91.1 cm³/mol. The number of hydrogen-bond donors (Lipinski definition) is 1. The molecule has 24 heavy (non-hydrogen) atoms. The first-order valence-electron chi connectivity index (χ1n) is 7.43. The van der Waals surface area contributed by atoms with E-state index < -0.39 is 0 Å². The first-order chi connectivity index (χ1) is 11.8. The smallest absolute Gasteiger partial charge is 0.277 e. The molecule has 0 bridgehead atoms. The zero-order valence-electron chi connectivity index (χ0n) is 12.6. The summed E-state index contributed by atoms with van der Waals surface area (Å²) in [5, 5.41) is 12.1. The molecule has 1 amide bonds. The van der Waals surface area contributed by atoms with E-state index >= 15 is 0 Å². The highest BCUT2D eigenvalue weighted by molar-refractivity contribution is 6.03. The van der Waals surface area contributed by atoms with E-state index in [4.69, 9.17) is 0 Å². The zero-order valence-corrected chi connectivity index (χ0v) is 12.6. The summed E-state index contributed by atoms with van der Waals surface area (Å²) in [5.74, 6) is -0.325. The molecule has 0 saturated heterocycles. The fourth-order valence-electron chi connectivity index (χ4n) is 2.39. The number of fused-ring (bicyclic) bond motifs is 1. The van der Waals surface area contributed by atoms with Crippen molar-refractivity contribution in [2.45, 2.75) is 0 Å². The molecule has 0 aliphatic carbocycles. The summed E-state index contributed by atoms with van der Waals surface area (Å²) in [4.78, 5) is 18.1. The molecule has 6 heteroatoms. The van der Waals surface area contributed by atoms with Crippen LogP contribution in [0.25, 0.3) is 16.6 Å². The number of nitrogens with zero attached hydrogens (tertiary/aromatic N) is 4. The Bertz CT molecular complexity index is 1010. The molecule has 0 spiro atoms. The van der Waals surface area contributed by atoms with Crippen molar-refractivity contribution in [1.82, 2.24) is 20.0 Å². The number of para-hydroxylation sites is 2. The fraction of sp³-hybridized carbons (Fsp3) is 0. The Morgan fingerprint density at radius 1 is 0.958 bits per heavy atom. The minimum absolute atomic E-state index is 0.243. The van der Waals surface area contributed by atoms with Gasteiger partial charge in [0.2, 0.25) is 0 Å². The number of carbonyl (C=O) groups is 1. The maximum Gasteiger partial charge on any atom is 0.277 e. The summed E-state index contributed by atoms with van der Waals surface area (Å²) in [6.45, 7) is 0. The van der Waals surface area contributed by atoms with Crippen LogP contribution in [0.3, 0.4) is 0 Å². The molecular formula is C18H13N5O. The molecule has 0 saturated carbocycles. The summed E-state index contributed by atoms with van der Waals surface area (Å²) in [5.41, 5.74) is 2.54. The van der Waals surface area contributed by atoms with Crippen LogP contribution in [0.5, 0.6) is 0 Å². The van der Waals surface area contributed by atoms with Gasteiger partial charge in [0.1, 0.15) is 0 Å². The summed E-state index contributed by atoms with van der Waals surface area (Å²) >= 11 is 0. The Hall–Kier alpha value is -3.54. The molecule has 0 unspecified atom stereocenters. The minimum atomic E-state index is -0.325. The van der Waals surface area contributed by atoms with Crippen LogP contribution >= 0.6 is 0 Å². The number of amides is 1. The third-order valence-electron chi connectivity index (χ3n) is 3.56. The van der Waals surface area contributed by atoms with E-state index in [1.165, 1.54) is 11.0 Å². The molecule has 0 aliphatic rings. The second kappa shape index (κ2) is 5.92. The van der Waals surface area contributed by atoms with E-state index in [0.29, 0.717) is 5.69 Å². The number of hydrogen-bond acceptors (Lipinski definition) is 4. The molecule has 0 radical (unpaired) electrons. The number of rotatable bonds is 3. The molecular weight excluding hydrogens is 302 g/mol. The van der Waals surface area contributed by atoms with Gasteiger partial charge in [0.25, 0.3) is 5.91 Å². The number of benzene rings is 2. The first-order valence-corrected chi connectivity index (χ1v) is 7.43. The van der Waals surface area contributed by atoms with Crippen molar-refractivity contribution in [3.8, 4) is 5.69 Å². The molecule has 0 atom stereocenters. The highest BCUT2D eigenvalue weighted by Crippen LogP contribution is 2.16. The molecule has 2 heterocycles. The van der Waals surface area contributed by atoms with Crippen molar-refractivity contribution in [3.63, 3.8) is 0 Å². The van der Waals surface area contributed by atoms with Gasteiger partial charge in [-0.1, -0.05) is 36.4 Å². The van der Waals surface area contributed by atoms with Gasteiger partial charge in [-0.05, 0) is 24.3 Å². The molecule has 0 fully saturated rings. The zero-order chi connectivity index (χ0) is 16.4. The van der Waals surface area contributed by atoms with Crippen molar-refractivity contribution < 1.29 is 4.79 Å². The van der Waals surface area contributed by atoms with Gasteiger partial charge in [-0.25, -0.2) is 0 Å². The van der Waals surface area contributed by atoms with Gasteiger partial charge in [-0.15, -0.1) is 5.10 Å². The van der Waals surface area contributed by atoms with Gasteiger partial charge >= 0.3 is 0 Å². The van der Waals surface area contributed by atoms with Gasteiger partial charge < -0.3 is 5.32 Å². The van der Waals surface area contributed by atoms with Crippen LogP contribution < -0.4 is 5.32 Å².